The molecule has 0 aliphatic rings. The summed E-state index contributed by atoms with van der Waals surface area (Å²) in [6.07, 6.45) is 2.27. The fourth-order valence-electron chi connectivity index (χ4n) is 0.888. The van der Waals surface area contributed by atoms with Gasteiger partial charge in [0.05, 0.1) is 13.2 Å². The summed E-state index contributed by atoms with van der Waals surface area (Å²) in [7, 11) is 1.48. The van der Waals surface area contributed by atoms with Crippen LogP contribution in [-0.4, -0.2) is 28.2 Å². The summed E-state index contributed by atoms with van der Waals surface area (Å²) in [5.41, 5.74) is 6.10. The van der Waals surface area contributed by atoms with Gasteiger partial charge in [0, 0.05) is 24.0 Å². The fourth-order valence-corrected chi connectivity index (χ4v) is 0.888. The van der Waals surface area contributed by atoms with Crippen LogP contribution in [0, 0.1) is 0 Å². The monoisotopic (exact) mass is 183 g/mol. The molecule has 3 N–H and O–H groups in total. The van der Waals surface area contributed by atoms with Gasteiger partial charge < -0.3 is 15.6 Å². The van der Waals surface area contributed by atoms with Crippen LogP contribution in [0.2, 0.25) is 0 Å². The first-order valence-corrected chi connectivity index (χ1v) is 3.94. The Hall–Kier alpha value is -1.20. The molecule has 13 heavy (non-hydrogen) atoms. The fraction of sp³-hybridized carbons (Fsp3) is 0.500. The number of methoxy groups -OCH3 is 1. The maximum absolute atomic E-state index is 9.52. The predicted octanol–water partition coefficient (Wildman–Crippen LogP) is -0.134. The lowest BCUT2D eigenvalue weighted by atomic mass is 10.1. The molecule has 0 aromatic carbocycles. The molecule has 0 saturated carbocycles. The van der Waals surface area contributed by atoms with Crippen molar-refractivity contribution in [2.24, 2.45) is 5.73 Å². The van der Waals surface area contributed by atoms with E-state index in [1.54, 1.807) is 6.92 Å². The third kappa shape index (κ3) is 2.37. The minimum atomic E-state index is -0.731. The third-order valence-electron chi connectivity index (χ3n) is 1.67. The maximum Gasteiger partial charge on any atom is 0.316 e. The molecule has 1 heterocycles. The summed E-state index contributed by atoms with van der Waals surface area (Å²) in [4.78, 5) is 7.70. The Morgan fingerprint density at radius 3 is 2.38 bits per heavy atom. The van der Waals surface area contributed by atoms with Gasteiger partial charge in [0.15, 0.2) is 0 Å². The second kappa shape index (κ2) is 4.15. The van der Waals surface area contributed by atoms with Gasteiger partial charge in [-0.05, 0) is 6.92 Å². The highest BCUT2D eigenvalue weighted by molar-refractivity contribution is 5.11. The molecular formula is C8H13N3O2. The summed E-state index contributed by atoms with van der Waals surface area (Å²) in [5, 5.41) is 9.52. The van der Waals surface area contributed by atoms with E-state index < -0.39 is 6.10 Å². The lowest BCUT2D eigenvalue weighted by molar-refractivity contribution is 0.152. The molecule has 2 atom stereocenters. The molecule has 1 aromatic heterocycles. The van der Waals surface area contributed by atoms with Gasteiger partial charge >= 0.3 is 6.01 Å². The third-order valence-corrected chi connectivity index (χ3v) is 1.67. The average Bonchev–Trinajstić information content (AvgIpc) is 2.17. The second-order valence-corrected chi connectivity index (χ2v) is 2.81. The van der Waals surface area contributed by atoms with E-state index in [4.69, 9.17) is 10.5 Å². The minimum Gasteiger partial charge on any atom is -0.467 e. The van der Waals surface area contributed by atoms with Crippen molar-refractivity contribution in [3.63, 3.8) is 0 Å². The van der Waals surface area contributed by atoms with Gasteiger partial charge in [0.2, 0.25) is 0 Å². The first kappa shape index (κ1) is 9.88. The lowest BCUT2D eigenvalue weighted by Crippen LogP contribution is -2.24. The zero-order valence-electron chi connectivity index (χ0n) is 7.64. The number of hydrogen-bond donors (Lipinski definition) is 2. The van der Waals surface area contributed by atoms with Crippen molar-refractivity contribution in [3.8, 4) is 6.01 Å². The van der Waals surface area contributed by atoms with Crippen molar-refractivity contribution in [2.45, 2.75) is 19.1 Å². The Bertz CT molecular complexity index is 261. The lowest BCUT2D eigenvalue weighted by Gasteiger charge is -2.13. The van der Waals surface area contributed by atoms with Gasteiger partial charge in [-0.2, -0.15) is 0 Å². The van der Waals surface area contributed by atoms with Crippen LogP contribution in [0.1, 0.15) is 18.6 Å². The highest BCUT2D eigenvalue weighted by atomic mass is 16.5. The minimum absolute atomic E-state index is 0.278. The molecule has 0 spiro atoms. The molecule has 0 saturated heterocycles. The van der Waals surface area contributed by atoms with Crippen molar-refractivity contribution < 1.29 is 9.84 Å². The van der Waals surface area contributed by atoms with E-state index in [0.717, 1.165) is 0 Å². The number of hydrogen-bond acceptors (Lipinski definition) is 5. The molecule has 0 fully saturated rings. The van der Waals surface area contributed by atoms with E-state index in [1.807, 2.05) is 0 Å². The van der Waals surface area contributed by atoms with E-state index in [0.29, 0.717) is 5.56 Å². The Morgan fingerprint density at radius 2 is 2.00 bits per heavy atom. The first-order valence-electron chi connectivity index (χ1n) is 3.94. The molecule has 1 rings (SSSR count). The largest absolute Gasteiger partial charge is 0.467 e. The van der Waals surface area contributed by atoms with Gasteiger partial charge in [-0.1, -0.05) is 0 Å². The van der Waals surface area contributed by atoms with E-state index in [1.165, 1.54) is 19.5 Å². The van der Waals surface area contributed by atoms with Gasteiger partial charge in [-0.15, -0.1) is 0 Å². The molecule has 0 aliphatic heterocycles. The highest BCUT2D eigenvalue weighted by Gasteiger charge is 2.12. The van der Waals surface area contributed by atoms with Crippen molar-refractivity contribution in [1.82, 2.24) is 9.97 Å². The number of ether oxygens (including phenoxy) is 1. The van der Waals surface area contributed by atoms with Crippen LogP contribution in [0.4, 0.5) is 0 Å². The van der Waals surface area contributed by atoms with Crippen LogP contribution < -0.4 is 10.5 Å². The summed E-state index contributed by atoms with van der Waals surface area (Å²) in [6, 6.07) is -0.0578. The average molecular weight is 183 g/mol. The normalized spacial score (nSPS) is 15.1. The number of aromatic nitrogens is 2. The number of aliphatic hydroxyl groups is 1. The molecule has 5 heteroatoms. The predicted molar refractivity (Wildman–Crippen MR) is 47.2 cm³/mol. The smallest absolute Gasteiger partial charge is 0.316 e. The summed E-state index contributed by atoms with van der Waals surface area (Å²) >= 11 is 0. The van der Waals surface area contributed by atoms with Crippen LogP contribution in [0.3, 0.4) is 0 Å². The Balaban J connectivity index is 2.79. The first-order chi connectivity index (χ1) is 6.15. The molecule has 1 aromatic rings. The molecule has 0 aliphatic carbocycles. The summed E-state index contributed by atoms with van der Waals surface area (Å²) in [6.45, 7) is 1.72. The highest BCUT2D eigenvalue weighted by Crippen LogP contribution is 2.14. The van der Waals surface area contributed by atoms with Gasteiger partial charge in [0.1, 0.15) is 0 Å². The Labute approximate surface area is 76.6 Å². The van der Waals surface area contributed by atoms with Gasteiger partial charge in [-0.3, -0.25) is 0 Å². The number of nitrogens with zero attached hydrogens (tertiary/aromatic N) is 2. The Morgan fingerprint density at radius 1 is 1.46 bits per heavy atom. The zero-order chi connectivity index (χ0) is 9.84. The van der Waals surface area contributed by atoms with Crippen LogP contribution in [0.15, 0.2) is 12.4 Å². The number of aliphatic hydroxyl groups excluding tert-OH is 1. The van der Waals surface area contributed by atoms with Crippen molar-refractivity contribution in [2.75, 3.05) is 7.11 Å². The van der Waals surface area contributed by atoms with E-state index in [2.05, 4.69) is 9.97 Å². The molecule has 0 bridgehead atoms. The molecular weight excluding hydrogens is 170 g/mol. The molecule has 0 unspecified atom stereocenters. The quantitative estimate of drug-likeness (QED) is 0.682. The van der Waals surface area contributed by atoms with Crippen molar-refractivity contribution >= 4 is 0 Å². The summed E-state index contributed by atoms with van der Waals surface area (Å²) in [5.74, 6) is 0. The van der Waals surface area contributed by atoms with E-state index >= 15 is 0 Å². The molecule has 0 amide bonds. The van der Waals surface area contributed by atoms with Crippen LogP contribution >= 0.6 is 0 Å². The zero-order valence-corrected chi connectivity index (χ0v) is 7.64. The maximum atomic E-state index is 9.52. The topological polar surface area (TPSA) is 81.3 Å². The Kier molecular flexibility index (Phi) is 3.16. The van der Waals surface area contributed by atoms with Crippen LogP contribution in [0.25, 0.3) is 0 Å². The van der Waals surface area contributed by atoms with Crippen LogP contribution in [-0.2, 0) is 0 Å². The molecule has 72 valence electrons. The number of rotatable bonds is 3. The van der Waals surface area contributed by atoms with Crippen molar-refractivity contribution in [3.05, 3.63) is 18.0 Å². The SMILES string of the molecule is COc1ncc([C@H](O)[C@@H](C)N)cn1. The molecule has 0 radical (unpaired) electrons. The second-order valence-electron chi connectivity index (χ2n) is 2.81. The van der Waals surface area contributed by atoms with Crippen LogP contribution in [0.5, 0.6) is 6.01 Å². The number of nitrogens with two attached hydrogens (primary N) is 1. The standard InChI is InChI=1S/C8H13N3O2/c1-5(9)7(12)6-3-10-8(13-2)11-4-6/h3-5,7,12H,9H2,1-2H3/t5-,7-/m1/s1. The van der Waals surface area contributed by atoms with E-state index in [-0.39, 0.29) is 12.1 Å². The van der Waals surface area contributed by atoms with Gasteiger partial charge in [0.25, 0.3) is 0 Å². The van der Waals surface area contributed by atoms with E-state index in [9.17, 15) is 5.11 Å². The van der Waals surface area contributed by atoms with Gasteiger partial charge in [-0.25, -0.2) is 9.97 Å². The van der Waals surface area contributed by atoms with Crippen molar-refractivity contribution in [1.29, 1.82) is 0 Å². The summed E-state index contributed by atoms with van der Waals surface area (Å²) < 4.78 is 4.77. The molecule has 5 nitrogen and oxygen atoms in total.